The Morgan fingerprint density at radius 3 is 2.21 bits per heavy atom. The Kier molecular flexibility index (Phi) is 15.1. The van der Waals surface area contributed by atoms with Gasteiger partial charge in [0.2, 0.25) is 5.91 Å². The fraction of sp³-hybridized carbons (Fsp3) is 0.444. The topological polar surface area (TPSA) is 143 Å². The number of nitrogens with zero attached hydrogens (tertiary/aromatic N) is 9. The summed E-state index contributed by atoms with van der Waals surface area (Å²) in [5.41, 5.74) is 6.50. The van der Waals surface area contributed by atoms with Gasteiger partial charge in [0, 0.05) is 121 Å². The molecule has 10 rings (SSSR count). The number of ether oxygens (including phenoxy) is 1. The molecule has 1 aliphatic carbocycles. The van der Waals surface area contributed by atoms with Crippen LogP contribution in [0.15, 0.2) is 96.3 Å². The van der Waals surface area contributed by atoms with Crippen molar-refractivity contribution in [3.8, 4) is 5.69 Å². The average molecular weight is 971 g/mol. The summed E-state index contributed by atoms with van der Waals surface area (Å²) in [6.45, 7) is 6.91. The number of anilines is 2. The highest BCUT2D eigenvalue weighted by atomic mass is 19.3. The highest BCUT2D eigenvalue weighted by Crippen LogP contribution is 2.34. The molecule has 2 amide bonds. The van der Waals surface area contributed by atoms with Crippen molar-refractivity contribution in [3.63, 3.8) is 0 Å². The van der Waals surface area contributed by atoms with Crippen molar-refractivity contribution in [1.29, 1.82) is 0 Å². The van der Waals surface area contributed by atoms with E-state index in [4.69, 9.17) is 4.74 Å². The number of hydrogen-bond donors (Lipinski definition) is 1. The lowest BCUT2D eigenvalue weighted by Crippen LogP contribution is -2.46. The van der Waals surface area contributed by atoms with Crippen LogP contribution in [0.3, 0.4) is 0 Å². The van der Waals surface area contributed by atoms with Crippen LogP contribution >= 0.6 is 0 Å². The summed E-state index contributed by atoms with van der Waals surface area (Å²) in [6.07, 6.45) is 14.3. The summed E-state index contributed by atoms with van der Waals surface area (Å²) >= 11 is 0. The van der Waals surface area contributed by atoms with Gasteiger partial charge in [0.1, 0.15) is 24.5 Å². The molecule has 3 aromatic carbocycles. The Balaban J connectivity index is 0.00000149. The van der Waals surface area contributed by atoms with E-state index in [0.29, 0.717) is 42.9 Å². The summed E-state index contributed by atoms with van der Waals surface area (Å²) in [4.78, 5) is 59.2. The SMILES string of the molecule is C1CCC1.CNC(=O)C(CCC=O)N1Cc2cc(N3CCN(c4ccc(COC5CCN(Cc6cc(C(C)(F)F)c7cn(-c8cccc(Cc9nncn9C)c8)c(=O)n7c6)CC5)cc4)CC3)ccc2C1=O. The third-order valence-corrected chi connectivity index (χ3v) is 14.4. The maximum atomic E-state index is 15.2. The number of benzene rings is 3. The predicted molar refractivity (Wildman–Crippen MR) is 268 cm³/mol. The van der Waals surface area contributed by atoms with E-state index >= 15 is 8.78 Å². The lowest BCUT2D eigenvalue weighted by Gasteiger charge is -2.37. The molecule has 6 aromatic rings. The maximum Gasteiger partial charge on any atom is 0.337 e. The van der Waals surface area contributed by atoms with Crippen molar-refractivity contribution in [2.75, 3.05) is 56.1 Å². The lowest BCUT2D eigenvalue weighted by atomic mass is 10.0. The Morgan fingerprint density at radius 2 is 1.56 bits per heavy atom. The van der Waals surface area contributed by atoms with Crippen LogP contribution in [0, 0.1) is 0 Å². The van der Waals surface area contributed by atoms with Gasteiger partial charge in [-0.2, -0.15) is 0 Å². The van der Waals surface area contributed by atoms with Gasteiger partial charge in [-0.05, 0) is 90.0 Å². The van der Waals surface area contributed by atoms with Crippen LogP contribution in [0.25, 0.3) is 11.2 Å². The molecular weight excluding hydrogens is 907 g/mol. The Bertz CT molecular complexity index is 2880. The number of pyridine rings is 1. The molecule has 3 fully saturated rings. The van der Waals surface area contributed by atoms with Crippen molar-refractivity contribution in [2.45, 2.75) is 102 Å². The van der Waals surface area contributed by atoms with Gasteiger partial charge in [0.25, 0.3) is 11.8 Å². The number of nitrogens with one attached hydrogen (secondary N) is 1. The molecule has 3 aromatic heterocycles. The molecule has 71 heavy (non-hydrogen) atoms. The van der Waals surface area contributed by atoms with E-state index in [1.165, 1.54) is 46.9 Å². The van der Waals surface area contributed by atoms with Crippen LogP contribution in [0.5, 0.6) is 0 Å². The number of fused-ring (bicyclic) bond motifs is 2. The molecule has 1 atom stereocenters. The number of aryl methyl sites for hydroxylation is 1. The molecule has 17 heteroatoms. The average Bonchev–Trinajstić information content (AvgIpc) is 4.03. The number of likely N-dealkylation sites (N-methyl/N-ethyl adjacent to an activating group) is 1. The van der Waals surface area contributed by atoms with Crippen LogP contribution in [0.2, 0.25) is 0 Å². The summed E-state index contributed by atoms with van der Waals surface area (Å²) in [5.74, 6) is -2.85. The van der Waals surface area contributed by atoms with Crippen LogP contribution in [-0.2, 0) is 53.4 Å². The molecule has 6 heterocycles. The molecule has 374 valence electrons. The molecule has 15 nitrogen and oxygen atoms in total. The van der Waals surface area contributed by atoms with Gasteiger partial charge in [-0.15, -0.1) is 10.2 Å². The molecule has 0 spiro atoms. The van der Waals surface area contributed by atoms with Gasteiger partial charge < -0.3 is 34.1 Å². The zero-order valence-electron chi connectivity index (χ0n) is 40.9. The minimum Gasteiger partial charge on any atom is -0.373 e. The number of alkyl halides is 2. The minimum absolute atomic E-state index is 0.0724. The molecule has 1 saturated carbocycles. The summed E-state index contributed by atoms with van der Waals surface area (Å²) in [5, 5.41) is 10.7. The molecule has 2 saturated heterocycles. The van der Waals surface area contributed by atoms with E-state index in [1.807, 2.05) is 41.9 Å². The van der Waals surface area contributed by atoms with E-state index in [1.54, 1.807) is 30.5 Å². The fourth-order valence-electron chi connectivity index (χ4n) is 9.92. The van der Waals surface area contributed by atoms with Gasteiger partial charge >= 0.3 is 5.69 Å². The molecule has 1 N–H and O–H groups in total. The number of carbonyl (C=O) groups is 3. The summed E-state index contributed by atoms with van der Waals surface area (Å²) < 4.78 is 41.3. The summed E-state index contributed by atoms with van der Waals surface area (Å²) in [6, 6.07) is 22.7. The van der Waals surface area contributed by atoms with Crippen LogP contribution in [-0.4, -0.2) is 110 Å². The molecule has 1 unspecified atom stereocenters. The smallest absolute Gasteiger partial charge is 0.337 e. The lowest BCUT2D eigenvalue weighted by molar-refractivity contribution is -0.125. The number of piperidine rings is 1. The number of aromatic nitrogens is 5. The van der Waals surface area contributed by atoms with Gasteiger partial charge in [0.05, 0.1) is 23.9 Å². The number of hydrogen-bond acceptors (Lipinski definition) is 10. The second kappa shape index (κ2) is 21.7. The van der Waals surface area contributed by atoms with Crippen LogP contribution < -0.4 is 20.8 Å². The first-order valence-corrected chi connectivity index (χ1v) is 25.0. The Hall–Kier alpha value is -6.72. The molecule has 4 aliphatic rings. The van der Waals surface area contributed by atoms with Crippen molar-refractivity contribution in [1.82, 2.24) is 38.8 Å². The number of imidazole rings is 1. The van der Waals surface area contributed by atoms with Crippen molar-refractivity contribution in [3.05, 3.63) is 141 Å². The number of amides is 2. The minimum atomic E-state index is -3.17. The van der Waals surface area contributed by atoms with Gasteiger partial charge in [-0.3, -0.25) is 23.5 Å². The van der Waals surface area contributed by atoms with E-state index in [-0.39, 0.29) is 41.8 Å². The number of piperazine rings is 1. The van der Waals surface area contributed by atoms with Crippen LogP contribution in [0.4, 0.5) is 20.2 Å². The second-order valence-corrected chi connectivity index (χ2v) is 19.4. The first-order valence-electron chi connectivity index (χ1n) is 25.0. The van der Waals surface area contributed by atoms with E-state index in [2.05, 4.69) is 60.5 Å². The normalized spacial score (nSPS) is 16.9. The predicted octanol–water partition coefficient (Wildman–Crippen LogP) is 7.04. The van der Waals surface area contributed by atoms with Crippen LogP contribution in [0.1, 0.15) is 102 Å². The highest BCUT2D eigenvalue weighted by molar-refractivity contribution is 6.01. The molecular formula is C54H64F2N10O5. The molecule has 3 aliphatic heterocycles. The van der Waals surface area contributed by atoms with Crippen molar-refractivity contribution < 1.29 is 27.9 Å². The molecule has 0 radical (unpaired) electrons. The third kappa shape index (κ3) is 11.3. The molecule has 0 bridgehead atoms. The maximum absolute atomic E-state index is 15.2. The highest BCUT2D eigenvalue weighted by Gasteiger charge is 2.36. The third-order valence-electron chi connectivity index (χ3n) is 14.4. The number of carbonyl (C=O) groups excluding carboxylic acids is 3. The number of rotatable bonds is 16. The fourth-order valence-corrected chi connectivity index (χ4v) is 9.92. The van der Waals surface area contributed by atoms with Gasteiger partial charge in [-0.25, -0.2) is 13.6 Å². The number of likely N-dealkylation sites (tertiary alicyclic amines) is 1. The van der Waals surface area contributed by atoms with Gasteiger partial charge in [-0.1, -0.05) is 49.9 Å². The van der Waals surface area contributed by atoms with E-state index < -0.39 is 17.7 Å². The Labute approximate surface area is 413 Å². The monoisotopic (exact) mass is 971 g/mol. The second-order valence-electron chi connectivity index (χ2n) is 19.4. The number of halogens is 2. The number of aldehydes is 1. The largest absolute Gasteiger partial charge is 0.373 e. The standard InChI is InChI=1S/C50H56F2N10O5.C4H8/c1-50(51,52)43-25-36(29-62-45(43)31-60(49(62)66)40-7-4-6-35(24-40)26-46-55-54-33-56(46)3)28-57-17-15-41(16-18-57)67-32-34-9-11-38(12-10-34)58-19-21-59(22-20-58)39-13-14-42-37(27-39)30-61(48(42)65)44(8-5-23-63)47(64)53-2;1-2-4-3-1/h4,6-7,9-14,23-25,27,29,31,33,41,44H,5,8,15-22,26,28,30,32H2,1-3H3,(H,53,64);1-4H2. The van der Waals surface area contributed by atoms with Crippen molar-refractivity contribution in [2.24, 2.45) is 7.05 Å². The van der Waals surface area contributed by atoms with Crippen molar-refractivity contribution >= 4 is 35.0 Å². The van der Waals surface area contributed by atoms with E-state index in [0.717, 1.165) is 99.2 Å². The first-order chi connectivity index (χ1) is 34.4. The van der Waals surface area contributed by atoms with Gasteiger partial charge in [0.15, 0.2) is 0 Å². The quantitative estimate of drug-likeness (QED) is 0.101. The summed E-state index contributed by atoms with van der Waals surface area (Å²) in [7, 11) is 3.41. The first kappa shape index (κ1) is 49.3. The zero-order chi connectivity index (χ0) is 49.6. The van der Waals surface area contributed by atoms with E-state index in [9.17, 15) is 19.2 Å². The zero-order valence-corrected chi connectivity index (χ0v) is 40.9. The Morgan fingerprint density at radius 1 is 0.859 bits per heavy atom.